The average Bonchev–Trinajstić information content (AvgIpc) is 3.30. The second kappa shape index (κ2) is 7.38. The van der Waals surface area contributed by atoms with Gasteiger partial charge in [0.2, 0.25) is 0 Å². The smallest absolute Gasteiger partial charge is 0.410 e. The van der Waals surface area contributed by atoms with Crippen LogP contribution in [0.25, 0.3) is 5.78 Å². The van der Waals surface area contributed by atoms with Crippen LogP contribution in [0.5, 0.6) is 0 Å². The van der Waals surface area contributed by atoms with E-state index in [9.17, 15) is 18.4 Å². The molecule has 0 saturated carbocycles. The number of amides is 1. The summed E-state index contributed by atoms with van der Waals surface area (Å²) in [7, 11) is 1.25. The Hall–Kier alpha value is -2.85. The Morgan fingerprint density at radius 3 is 2.65 bits per heavy atom. The average molecular weight is 437 g/mol. The molecule has 9 nitrogen and oxygen atoms in total. The molecule has 2 fully saturated rings. The summed E-state index contributed by atoms with van der Waals surface area (Å²) in [5, 5.41) is 4.12. The van der Waals surface area contributed by atoms with E-state index in [0.29, 0.717) is 25.7 Å². The van der Waals surface area contributed by atoms with Gasteiger partial charge in [0.1, 0.15) is 23.0 Å². The summed E-state index contributed by atoms with van der Waals surface area (Å²) in [6.07, 6.45) is -0.221. The molecule has 2 aliphatic heterocycles. The Kier molecular flexibility index (Phi) is 5.09. The van der Waals surface area contributed by atoms with Crippen LogP contribution in [0.2, 0.25) is 0 Å². The molecule has 2 saturated heterocycles. The van der Waals surface area contributed by atoms with Gasteiger partial charge in [-0.2, -0.15) is 10.1 Å². The molecule has 4 rings (SSSR count). The Bertz CT molecular complexity index is 1020. The lowest BCUT2D eigenvalue weighted by molar-refractivity contribution is -0.152. The standard InChI is InChI=1S/C20H25F2N5O4/c1-19(2,3)31-18(29)26-11-5-6-13(26)20(8-7-11,16(28)30-4)14-9-12(15(21)22)25-17-23-10-24-27(14)17/h9-11,13,15H,5-8H2,1-4H3/t11?,13-,20?/m0/s1. The van der Waals surface area contributed by atoms with E-state index < -0.39 is 41.2 Å². The summed E-state index contributed by atoms with van der Waals surface area (Å²) in [6.45, 7) is 5.29. The minimum Gasteiger partial charge on any atom is -0.468 e. The summed E-state index contributed by atoms with van der Waals surface area (Å²) in [6, 6.07) is 0.448. The van der Waals surface area contributed by atoms with Crippen LogP contribution in [0, 0.1) is 0 Å². The van der Waals surface area contributed by atoms with Crippen LogP contribution in [-0.2, 0) is 19.7 Å². The van der Waals surface area contributed by atoms with Gasteiger partial charge in [-0.15, -0.1) is 0 Å². The predicted molar refractivity (Wildman–Crippen MR) is 104 cm³/mol. The molecular formula is C20H25F2N5O4. The number of alkyl halides is 2. The second-order valence-corrected chi connectivity index (χ2v) is 8.97. The van der Waals surface area contributed by atoms with E-state index in [2.05, 4.69) is 15.1 Å². The molecule has 168 valence electrons. The van der Waals surface area contributed by atoms with Crippen molar-refractivity contribution in [3.8, 4) is 0 Å². The van der Waals surface area contributed by atoms with Gasteiger partial charge in [-0.05, 0) is 52.5 Å². The summed E-state index contributed by atoms with van der Waals surface area (Å²) < 4.78 is 39.3. The van der Waals surface area contributed by atoms with Crippen molar-refractivity contribution in [1.29, 1.82) is 0 Å². The highest BCUT2D eigenvalue weighted by molar-refractivity contribution is 5.86. The van der Waals surface area contributed by atoms with Crippen molar-refractivity contribution < 1.29 is 27.8 Å². The van der Waals surface area contributed by atoms with Crippen LogP contribution in [0.15, 0.2) is 12.4 Å². The molecular weight excluding hydrogens is 412 g/mol. The van der Waals surface area contributed by atoms with Gasteiger partial charge in [0, 0.05) is 6.04 Å². The summed E-state index contributed by atoms with van der Waals surface area (Å²) in [5.41, 5.74) is -2.45. The van der Waals surface area contributed by atoms with E-state index in [1.807, 2.05) is 0 Å². The zero-order valence-corrected chi connectivity index (χ0v) is 17.8. The van der Waals surface area contributed by atoms with Crippen molar-refractivity contribution in [3.05, 3.63) is 23.8 Å². The van der Waals surface area contributed by atoms with Gasteiger partial charge in [0.25, 0.3) is 12.2 Å². The van der Waals surface area contributed by atoms with Gasteiger partial charge in [0.15, 0.2) is 0 Å². The lowest BCUT2D eigenvalue weighted by Gasteiger charge is -2.46. The van der Waals surface area contributed by atoms with Crippen LogP contribution < -0.4 is 0 Å². The quantitative estimate of drug-likeness (QED) is 0.681. The molecule has 3 atom stereocenters. The lowest BCUT2D eigenvalue weighted by atomic mass is 9.70. The normalized spacial score (nSPS) is 25.8. The highest BCUT2D eigenvalue weighted by Gasteiger charge is 2.61. The highest BCUT2D eigenvalue weighted by Crippen LogP contribution is 2.49. The van der Waals surface area contributed by atoms with E-state index >= 15 is 0 Å². The Labute approximate surface area is 177 Å². The third kappa shape index (κ3) is 3.39. The molecule has 0 aliphatic carbocycles. The van der Waals surface area contributed by atoms with Crippen LogP contribution in [0.4, 0.5) is 13.6 Å². The van der Waals surface area contributed by atoms with Crippen molar-refractivity contribution in [2.45, 2.75) is 76.0 Å². The Morgan fingerprint density at radius 1 is 1.26 bits per heavy atom. The minimum absolute atomic E-state index is 0.0417. The first kappa shape index (κ1) is 21.4. The third-order valence-corrected chi connectivity index (χ3v) is 6.05. The third-order valence-electron chi connectivity index (χ3n) is 6.05. The number of aromatic nitrogens is 4. The number of fused-ring (bicyclic) bond motifs is 3. The Balaban J connectivity index is 1.90. The summed E-state index contributed by atoms with van der Waals surface area (Å²) >= 11 is 0. The molecule has 1 amide bonds. The SMILES string of the molecule is COC(=O)C1(c2cc(C(F)F)nc3ncnn23)CCC2CC[C@@H]1N2C(=O)OC(C)(C)C. The van der Waals surface area contributed by atoms with E-state index in [-0.39, 0.29) is 17.5 Å². The van der Waals surface area contributed by atoms with Crippen molar-refractivity contribution in [2.24, 2.45) is 0 Å². The fraction of sp³-hybridized carbons (Fsp3) is 0.650. The number of piperidine rings is 1. The summed E-state index contributed by atoms with van der Waals surface area (Å²) in [5.74, 6) is -0.658. The molecule has 2 aromatic heterocycles. The first-order chi connectivity index (χ1) is 14.6. The van der Waals surface area contributed by atoms with Crippen LogP contribution in [-0.4, -0.2) is 61.3 Å². The van der Waals surface area contributed by atoms with Gasteiger partial charge in [0.05, 0.1) is 18.8 Å². The molecule has 4 heterocycles. The molecule has 31 heavy (non-hydrogen) atoms. The van der Waals surface area contributed by atoms with E-state index in [0.717, 1.165) is 0 Å². The zero-order chi connectivity index (χ0) is 22.6. The monoisotopic (exact) mass is 437 g/mol. The number of nitrogens with zero attached hydrogens (tertiary/aromatic N) is 5. The van der Waals surface area contributed by atoms with Crippen molar-refractivity contribution >= 4 is 17.8 Å². The maximum Gasteiger partial charge on any atom is 0.410 e. The minimum atomic E-state index is -2.86. The topological polar surface area (TPSA) is 98.9 Å². The fourth-order valence-corrected chi connectivity index (χ4v) is 4.89. The molecule has 11 heteroatoms. The molecule has 2 aromatic rings. The number of methoxy groups -OCH3 is 1. The number of hydrogen-bond donors (Lipinski definition) is 0. The van der Waals surface area contributed by atoms with Gasteiger partial charge >= 0.3 is 12.1 Å². The molecule has 0 spiro atoms. The fourth-order valence-electron chi connectivity index (χ4n) is 4.89. The van der Waals surface area contributed by atoms with Gasteiger partial charge < -0.3 is 14.4 Å². The molecule has 2 bridgehead atoms. The lowest BCUT2D eigenvalue weighted by Crippen LogP contribution is -2.61. The first-order valence-corrected chi connectivity index (χ1v) is 10.2. The van der Waals surface area contributed by atoms with Crippen molar-refractivity contribution in [1.82, 2.24) is 24.5 Å². The molecule has 2 aliphatic rings. The highest BCUT2D eigenvalue weighted by atomic mass is 19.3. The second-order valence-electron chi connectivity index (χ2n) is 8.97. The molecule has 2 unspecified atom stereocenters. The Morgan fingerprint density at radius 2 is 2.00 bits per heavy atom. The van der Waals surface area contributed by atoms with Gasteiger partial charge in [-0.25, -0.2) is 23.1 Å². The van der Waals surface area contributed by atoms with Crippen LogP contribution in [0.3, 0.4) is 0 Å². The number of carbonyl (C=O) groups is 2. The number of halogens is 2. The van der Waals surface area contributed by atoms with Gasteiger partial charge in [-0.1, -0.05) is 0 Å². The molecule has 0 aromatic carbocycles. The zero-order valence-electron chi connectivity index (χ0n) is 17.8. The number of hydrogen-bond acceptors (Lipinski definition) is 7. The summed E-state index contributed by atoms with van der Waals surface area (Å²) in [4.78, 5) is 35.8. The number of esters is 1. The molecule has 0 radical (unpaired) electrons. The molecule has 0 N–H and O–H groups in total. The van der Waals surface area contributed by atoms with E-state index in [1.165, 1.54) is 24.0 Å². The maximum absolute atomic E-state index is 13.6. The largest absolute Gasteiger partial charge is 0.468 e. The van der Waals surface area contributed by atoms with Gasteiger partial charge in [-0.3, -0.25) is 4.79 Å². The van der Waals surface area contributed by atoms with Crippen molar-refractivity contribution in [2.75, 3.05) is 7.11 Å². The predicted octanol–water partition coefficient (Wildman–Crippen LogP) is 3.03. The number of carbonyl (C=O) groups excluding carboxylic acids is 2. The van der Waals surface area contributed by atoms with Crippen molar-refractivity contribution in [3.63, 3.8) is 0 Å². The van der Waals surface area contributed by atoms with E-state index in [1.54, 1.807) is 25.7 Å². The number of ether oxygens (including phenoxy) is 2. The number of rotatable bonds is 3. The first-order valence-electron chi connectivity index (χ1n) is 10.2. The van der Waals surface area contributed by atoms with E-state index in [4.69, 9.17) is 9.47 Å². The van der Waals surface area contributed by atoms with Crippen LogP contribution >= 0.6 is 0 Å². The van der Waals surface area contributed by atoms with Crippen LogP contribution in [0.1, 0.15) is 64.3 Å². The maximum atomic E-state index is 13.6.